The van der Waals surface area contributed by atoms with E-state index in [4.69, 9.17) is 10.5 Å². The van der Waals surface area contributed by atoms with Gasteiger partial charge in [0.25, 0.3) is 0 Å². The number of benzene rings is 1. The van der Waals surface area contributed by atoms with Crippen molar-refractivity contribution >= 4 is 0 Å². The van der Waals surface area contributed by atoms with E-state index in [0.717, 1.165) is 31.8 Å². The Balaban J connectivity index is 2.61. The minimum atomic E-state index is 0.213. The van der Waals surface area contributed by atoms with Gasteiger partial charge in [0, 0.05) is 12.1 Å². The lowest BCUT2D eigenvalue weighted by Crippen LogP contribution is -2.29. The van der Waals surface area contributed by atoms with Crippen LogP contribution in [0.15, 0.2) is 18.2 Å². The zero-order valence-electron chi connectivity index (χ0n) is 13.0. The maximum atomic E-state index is 5.77. The third kappa shape index (κ3) is 5.21. The fourth-order valence-electron chi connectivity index (χ4n) is 2.00. The highest BCUT2D eigenvalue weighted by Crippen LogP contribution is 2.22. The molecule has 3 heteroatoms. The summed E-state index contributed by atoms with van der Waals surface area (Å²) in [5.74, 6) is 0.968. The number of hydrogen-bond acceptors (Lipinski definition) is 3. The molecule has 0 amide bonds. The molecule has 2 N–H and O–H groups in total. The zero-order chi connectivity index (χ0) is 14.5. The van der Waals surface area contributed by atoms with Crippen molar-refractivity contribution in [1.82, 2.24) is 4.90 Å². The SMILES string of the molecule is COc1ccc(C)cc1CN(C)CCC(C)(C)CN. The van der Waals surface area contributed by atoms with Crippen molar-refractivity contribution in [2.45, 2.75) is 33.7 Å². The van der Waals surface area contributed by atoms with E-state index in [1.165, 1.54) is 11.1 Å². The van der Waals surface area contributed by atoms with Crippen LogP contribution in [0.5, 0.6) is 5.75 Å². The van der Waals surface area contributed by atoms with Gasteiger partial charge in [-0.3, -0.25) is 0 Å². The van der Waals surface area contributed by atoms with Crippen LogP contribution in [0.1, 0.15) is 31.4 Å². The van der Waals surface area contributed by atoms with Crippen LogP contribution in [0.25, 0.3) is 0 Å². The van der Waals surface area contributed by atoms with E-state index in [9.17, 15) is 0 Å². The monoisotopic (exact) mass is 264 g/mol. The zero-order valence-corrected chi connectivity index (χ0v) is 13.0. The van der Waals surface area contributed by atoms with Crippen molar-refractivity contribution in [2.75, 3.05) is 27.2 Å². The fourth-order valence-corrected chi connectivity index (χ4v) is 2.00. The van der Waals surface area contributed by atoms with Gasteiger partial charge in [0.15, 0.2) is 0 Å². The summed E-state index contributed by atoms with van der Waals surface area (Å²) in [6, 6.07) is 6.33. The van der Waals surface area contributed by atoms with Gasteiger partial charge in [0.2, 0.25) is 0 Å². The van der Waals surface area contributed by atoms with Gasteiger partial charge in [-0.2, -0.15) is 0 Å². The molecule has 0 aliphatic heterocycles. The molecular weight excluding hydrogens is 236 g/mol. The van der Waals surface area contributed by atoms with Crippen LogP contribution in [-0.2, 0) is 6.54 Å². The molecule has 1 rings (SSSR count). The van der Waals surface area contributed by atoms with Gasteiger partial charge < -0.3 is 15.4 Å². The molecule has 0 aromatic heterocycles. The van der Waals surface area contributed by atoms with Crippen LogP contribution in [-0.4, -0.2) is 32.1 Å². The maximum Gasteiger partial charge on any atom is 0.123 e. The lowest BCUT2D eigenvalue weighted by molar-refractivity contribution is 0.246. The Kier molecular flexibility index (Phi) is 5.83. The topological polar surface area (TPSA) is 38.5 Å². The lowest BCUT2D eigenvalue weighted by atomic mass is 9.89. The number of nitrogens with two attached hydrogens (primary N) is 1. The molecule has 0 radical (unpaired) electrons. The minimum absolute atomic E-state index is 0.213. The van der Waals surface area contributed by atoms with Crippen LogP contribution in [0.4, 0.5) is 0 Å². The van der Waals surface area contributed by atoms with Gasteiger partial charge in [-0.25, -0.2) is 0 Å². The number of ether oxygens (including phenoxy) is 1. The standard InChI is InChI=1S/C16H28N2O/c1-13-6-7-15(19-5)14(10-13)11-18(4)9-8-16(2,3)12-17/h6-7,10H,8-9,11-12,17H2,1-5H3. The average molecular weight is 264 g/mol. The normalized spacial score (nSPS) is 11.9. The Morgan fingerprint density at radius 2 is 2.00 bits per heavy atom. The summed E-state index contributed by atoms with van der Waals surface area (Å²) in [7, 11) is 3.88. The van der Waals surface area contributed by atoms with Gasteiger partial charge in [-0.05, 0) is 45.0 Å². The summed E-state index contributed by atoms with van der Waals surface area (Å²) in [6.07, 6.45) is 1.11. The lowest BCUT2D eigenvalue weighted by Gasteiger charge is -2.26. The molecule has 0 unspecified atom stereocenters. The second-order valence-electron chi connectivity index (χ2n) is 6.17. The van der Waals surface area contributed by atoms with Crippen LogP contribution >= 0.6 is 0 Å². The second-order valence-corrected chi connectivity index (χ2v) is 6.17. The summed E-state index contributed by atoms with van der Waals surface area (Å²) in [6.45, 7) is 9.23. The largest absolute Gasteiger partial charge is 0.496 e. The minimum Gasteiger partial charge on any atom is -0.496 e. The van der Waals surface area contributed by atoms with Gasteiger partial charge >= 0.3 is 0 Å². The van der Waals surface area contributed by atoms with Crippen LogP contribution in [0.2, 0.25) is 0 Å². The van der Waals surface area contributed by atoms with Gasteiger partial charge in [0.05, 0.1) is 7.11 Å². The second kappa shape index (κ2) is 6.92. The smallest absolute Gasteiger partial charge is 0.123 e. The fraction of sp³-hybridized carbons (Fsp3) is 0.625. The highest BCUT2D eigenvalue weighted by atomic mass is 16.5. The molecule has 0 spiro atoms. The van der Waals surface area contributed by atoms with E-state index in [1.54, 1.807) is 7.11 Å². The Morgan fingerprint density at radius 1 is 1.32 bits per heavy atom. The predicted octanol–water partition coefficient (Wildman–Crippen LogP) is 2.81. The van der Waals surface area contributed by atoms with Gasteiger partial charge in [0.1, 0.15) is 5.75 Å². The van der Waals surface area contributed by atoms with E-state index in [2.05, 4.69) is 44.9 Å². The first-order valence-corrected chi connectivity index (χ1v) is 6.90. The van der Waals surface area contributed by atoms with Crippen LogP contribution in [0, 0.1) is 12.3 Å². The quantitative estimate of drug-likeness (QED) is 0.823. The molecule has 3 nitrogen and oxygen atoms in total. The first-order chi connectivity index (χ1) is 8.88. The molecule has 0 saturated heterocycles. The summed E-state index contributed by atoms with van der Waals surface area (Å²) >= 11 is 0. The number of hydrogen-bond donors (Lipinski definition) is 1. The number of methoxy groups -OCH3 is 1. The summed E-state index contributed by atoms with van der Waals surface area (Å²) in [5.41, 5.74) is 8.50. The van der Waals surface area contributed by atoms with E-state index in [0.29, 0.717) is 0 Å². The molecule has 0 aliphatic rings. The maximum absolute atomic E-state index is 5.77. The van der Waals surface area contributed by atoms with E-state index in [1.807, 2.05) is 6.07 Å². The molecule has 1 aromatic rings. The Labute approximate surface area is 117 Å². The van der Waals surface area contributed by atoms with E-state index in [-0.39, 0.29) is 5.41 Å². The summed E-state index contributed by atoms with van der Waals surface area (Å²) in [4.78, 5) is 2.33. The highest BCUT2D eigenvalue weighted by Gasteiger charge is 2.16. The summed E-state index contributed by atoms with van der Waals surface area (Å²) in [5, 5.41) is 0. The molecule has 108 valence electrons. The third-order valence-electron chi connectivity index (χ3n) is 3.60. The predicted molar refractivity (Wildman–Crippen MR) is 81.5 cm³/mol. The Bertz CT molecular complexity index is 402. The van der Waals surface area contributed by atoms with Crippen molar-refractivity contribution < 1.29 is 4.74 Å². The number of nitrogens with zero attached hydrogens (tertiary/aromatic N) is 1. The molecule has 1 aromatic carbocycles. The number of rotatable bonds is 7. The Hall–Kier alpha value is -1.06. The van der Waals surface area contributed by atoms with Crippen molar-refractivity contribution in [2.24, 2.45) is 11.1 Å². The molecule has 19 heavy (non-hydrogen) atoms. The van der Waals surface area contributed by atoms with Gasteiger partial charge in [-0.15, -0.1) is 0 Å². The molecule has 0 bridgehead atoms. The van der Waals surface area contributed by atoms with Crippen LogP contribution in [0.3, 0.4) is 0 Å². The first-order valence-electron chi connectivity index (χ1n) is 6.90. The molecule has 0 fully saturated rings. The van der Waals surface area contributed by atoms with E-state index < -0.39 is 0 Å². The molecule has 0 atom stereocenters. The first kappa shape index (κ1) is 16.0. The van der Waals surface area contributed by atoms with Crippen LogP contribution < -0.4 is 10.5 Å². The van der Waals surface area contributed by atoms with Crippen molar-refractivity contribution in [3.8, 4) is 5.75 Å². The molecular formula is C16H28N2O. The number of aryl methyl sites for hydroxylation is 1. The highest BCUT2D eigenvalue weighted by molar-refractivity contribution is 5.36. The third-order valence-corrected chi connectivity index (χ3v) is 3.60. The summed E-state index contributed by atoms with van der Waals surface area (Å²) < 4.78 is 5.42. The molecule has 0 aliphatic carbocycles. The molecule has 0 saturated carbocycles. The van der Waals surface area contributed by atoms with Crippen molar-refractivity contribution in [3.05, 3.63) is 29.3 Å². The van der Waals surface area contributed by atoms with Gasteiger partial charge in [-0.1, -0.05) is 31.5 Å². The molecule has 0 heterocycles. The van der Waals surface area contributed by atoms with Crippen molar-refractivity contribution in [3.63, 3.8) is 0 Å². The Morgan fingerprint density at radius 3 is 2.58 bits per heavy atom. The van der Waals surface area contributed by atoms with Crippen molar-refractivity contribution in [1.29, 1.82) is 0 Å². The average Bonchev–Trinajstić information content (AvgIpc) is 2.37. The van der Waals surface area contributed by atoms with E-state index >= 15 is 0 Å².